The highest BCUT2D eigenvalue weighted by Gasteiger charge is 2.31. The van der Waals surface area contributed by atoms with Crippen LogP contribution in [0.25, 0.3) is 11.0 Å². The summed E-state index contributed by atoms with van der Waals surface area (Å²) < 4.78 is 70.6. The van der Waals surface area contributed by atoms with Crippen LogP contribution in [0.3, 0.4) is 0 Å². The zero-order chi connectivity index (χ0) is 22.4. The molecular formula is C18H16F3N3O5S. The number of nitrogens with one attached hydrogen (secondary N) is 1. The van der Waals surface area contributed by atoms with Gasteiger partial charge in [-0.05, 0) is 48.9 Å². The molecule has 0 unspecified atom stereocenters. The number of hydrogen-bond donors (Lipinski definition) is 1. The second kappa shape index (κ2) is 7.20. The molecule has 0 radical (unpaired) electrons. The van der Waals surface area contributed by atoms with Gasteiger partial charge >= 0.3 is 17.5 Å². The van der Waals surface area contributed by atoms with Gasteiger partial charge in [-0.3, -0.25) is 14.3 Å². The minimum Gasteiger partial charge on any atom is -0.406 e. The van der Waals surface area contributed by atoms with Crippen LogP contribution in [0.1, 0.15) is 5.56 Å². The van der Waals surface area contributed by atoms with Gasteiger partial charge < -0.3 is 13.9 Å². The molecule has 3 aromatic rings. The number of aryl methyl sites for hydroxylation is 3. The first-order valence-corrected chi connectivity index (χ1v) is 9.87. The number of halogens is 3. The zero-order valence-electron chi connectivity index (χ0n) is 15.9. The van der Waals surface area contributed by atoms with Crippen molar-refractivity contribution >= 4 is 26.7 Å². The average Bonchev–Trinajstić information content (AvgIpc) is 2.64. The van der Waals surface area contributed by atoms with E-state index < -0.39 is 33.3 Å². The van der Waals surface area contributed by atoms with E-state index in [1.165, 1.54) is 33.2 Å². The molecule has 2 aromatic carbocycles. The molecular weight excluding hydrogens is 427 g/mol. The molecule has 8 nitrogen and oxygen atoms in total. The molecule has 30 heavy (non-hydrogen) atoms. The highest BCUT2D eigenvalue weighted by molar-refractivity contribution is 7.92. The maximum absolute atomic E-state index is 12.8. The molecule has 1 N–H and O–H groups in total. The summed E-state index contributed by atoms with van der Waals surface area (Å²) in [7, 11) is -1.39. The first-order valence-electron chi connectivity index (χ1n) is 8.39. The Kier molecular flexibility index (Phi) is 5.14. The third kappa shape index (κ3) is 4.03. The van der Waals surface area contributed by atoms with Gasteiger partial charge in [0, 0.05) is 19.8 Å². The van der Waals surface area contributed by atoms with Crippen molar-refractivity contribution in [2.24, 2.45) is 14.1 Å². The fraction of sp³-hybridized carbons (Fsp3) is 0.222. The monoisotopic (exact) mass is 443 g/mol. The van der Waals surface area contributed by atoms with Crippen LogP contribution in [0.4, 0.5) is 18.9 Å². The van der Waals surface area contributed by atoms with E-state index in [0.717, 1.165) is 33.4 Å². The first kappa shape index (κ1) is 21.4. The van der Waals surface area contributed by atoms with Crippen LogP contribution in [-0.4, -0.2) is 23.9 Å². The fourth-order valence-corrected chi connectivity index (χ4v) is 4.24. The number of rotatable bonds is 4. The van der Waals surface area contributed by atoms with E-state index >= 15 is 0 Å². The van der Waals surface area contributed by atoms with E-state index in [0.29, 0.717) is 11.1 Å². The van der Waals surface area contributed by atoms with E-state index in [1.54, 1.807) is 0 Å². The summed E-state index contributed by atoms with van der Waals surface area (Å²) in [6.45, 7) is 1.52. The molecule has 0 aliphatic carbocycles. The highest BCUT2D eigenvalue weighted by Crippen LogP contribution is 2.27. The molecule has 0 atom stereocenters. The predicted molar refractivity (Wildman–Crippen MR) is 103 cm³/mol. The minimum absolute atomic E-state index is 0.0124. The van der Waals surface area contributed by atoms with Crippen LogP contribution in [0, 0.1) is 6.92 Å². The molecule has 0 saturated heterocycles. The standard InChI is InChI=1S/C18H16F3N3O5S/c1-10-8-13-14(24(3)17(26)16(25)23(13)2)9-15(10)30(27,28)22-11-4-6-12(7-5-11)29-18(19,20)21/h4-9,22H,1-3H3. The molecule has 0 aliphatic rings. The Labute approximate surface area is 168 Å². The Bertz CT molecular complexity index is 1360. The van der Waals surface area contributed by atoms with E-state index in [-0.39, 0.29) is 16.1 Å². The van der Waals surface area contributed by atoms with Gasteiger partial charge in [0.05, 0.1) is 15.9 Å². The quantitative estimate of drug-likeness (QED) is 0.624. The Morgan fingerprint density at radius 3 is 1.93 bits per heavy atom. The van der Waals surface area contributed by atoms with Gasteiger partial charge in [-0.25, -0.2) is 8.42 Å². The molecule has 1 heterocycles. The van der Waals surface area contributed by atoms with Gasteiger partial charge in [-0.2, -0.15) is 0 Å². The summed E-state index contributed by atoms with van der Waals surface area (Å²) >= 11 is 0. The van der Waals surface area contributed by atoms with Crippen LogP contribution >= 0.6 is 0 Å². The summed E-state index contributed by atoms with van der Waals surface area (Å²) in [5.74, 6) is -0.497. The first-order chi connectivity index (χ1) is 13.8. The van der Waals surface area contributed by atoms with Gasteiger partial charge in [0.15, 0.2) is 0 Å². The maximum Gasteiger partial charge on any atom is 0.573 e. The van der Waals surface area contributed by atoms with E-state index in [9.17, 15) is 31.2 Å². The molecule has 0 bridgehead atoms. The largest absolute Gasteiger partial charge is 0.573 e. The van der Waals surface area contributed by atoms with E-state index in [2.05, 4.69) is 9.46 Å². The molecule has 0 amide bonds. The predicted octanol–water partition coefficient (Wildman–Crippen LogP) is 2.25. The highest BCUT2D eigenvalue weighted by atomic mass is 32.2. The lowest BCUT2D eigenvalue weighted by Crippen LogP contribution is -2.39. The van der Waals surface area contributed by atoms with Crippen molar-refractivity contribution in [3.05, 3.63) is 62.7 Å². The molecule has 0 fully saturated rings. The van der Waals surface area contributed by atoms with Crippen molar-refractivity contribution < 1.29 is 26.3 Å². The number of hydrogen-bond acceptors (Lipinski definition) is 5. The summed E-state index contributed by atoms with van der Waals surface area (Å²) in [5.41, 5.74) is -0.655. The average molecular weight is 443 g/mol. The summed E-state index contributed by atoms with van der Waals surface area (Å²) in [6.07, 6.45) is -4.86. The molecule has 0 saturated carbocycles. The topological polar surface area (TPSA) is 99.4 Å². The lowest BCUT2D eigenvalue weighted by Gasteiger charge is -2.15. The van der Waals surface area contributed by atoms with Crippen LogP contribution in [0.15, 0.2) is 50.9 Å². The SMILES string of the molecule is Cc1cc2c(cc1S(=O)(=O)Nc1ccc(OC(F)(F)F)cc1)n(C)c(=O)c(=O)n2C. The van der Waals surface area contributed by atoms with Crippen molar-refractivity contribution in [1.29, 1.82) is 0 Å². The number of benzene rings is 2. The van der Waals surface area contributed by atoms with Gasteiger partial charge in [-0.1, -0.05) is 0 Å². The van der Waals surface area contributed by atoms with Gasteiger partial charge in [-0.15, -0.1) is 13.2 Å². The summed E-state index contributed by atoms with van der Waals surface area (Å²) in [4.78, 5) is 23.9. The third-order valence-electron chi connectivity index (χ3n) is 4.42. The number of fused-ring (bicyclic) bond motifs is 1. The number of aromatic nitrogens is 2. The van der Waals surface area contributed by atoms with Gasteiger partial charge in [0.2, 0.25) is 0 Å². The van der Waals surface area contributed by atoms with E-state index in [4.69, 9.17) is 0 Å². The van der Waals surface area contributed by atoms with Crippen molar-refractivity contribution in [3.63, 3.8) is 0 Å². The number of sulfonamides is 1. The molecule has 3 rings (SSSR count). The van der Waals surface area contributed by atoms with Crippen LogP contribution in [0.5, 0.6) is 5.75 Å². The summed E-state index contributed by atoms with van der Waals surface area (Å²) in [5, 5.41) is 0. The minimum atomic E-state index is -4.86. The molecule has 0 aliphatic heterocycles. The number of ether oxygens (including phenoxy) is 1. The van der Waals surface area contributed by atoms with Crippen molar-refractivity contribution in [3.8, 4) is 5.75 Å². The number of anilines is 1. The number of alkyl halides is 3. The third-order valence-corrected chi connectivity index (χ3v) is 5.94. The summed E-state index contributed by atoms with van der Waals surface area (Å²) in [6, 6.07) is 6.90. The van der Waals surface area contributed by atoms with Gasteiger partial charge in [0.25, 0.3) is 10.0 Å². The van der Waals surface area contributed by atoms with Crippen molar-refractivity contribution in [1.82, 2.24) is 9.13 Å². The number of nitrogens with zero attached hydrogens (tertiary/aromatic N) is 2. The Hall–Kier alpha value is -3.28. The fourth-order valence-electron chi connectivity index (χ4n) is 2.93. The van der Waals surface area contributed by atoms with Crippen LogP contribution in [0.2, 0.25) is 0 Å². The van der Waals surface area contributed by atoms with Crippen molar-refractivity contribution in [2.45, 2.75) is 18.2 Å². The maximum atomic E-state index is 12.8. The lowest BCUT2D eigenvalue weighted by atomic mass is 10.2. The molecule has 160 valence electrons. The Morgan fingerprint density at radius 1 is 0.933 bits per heavy atom. The van der Waals surface area contributed by atoms with Crippen LogP contribution in [-0.2, 0) is 24.1 Å². The Morgan fingerprint density at radius 2 is 1.43 bits per heavy atom. The molecule has 12 heteroatoms. The van der Waals surface area contributed by atoms with Crippen LogP contribution < -0.4 is 20.6 Å². The molecule has 0 spiro atoms. The second-order valence-electron chi connectivity index (χ2n) is 6.51. The van der Waals surface area contributed by atoms with Crippen molar-refractivity contribution in [2.75, 3.05) is 4.72 Å². The Balaban J connectivity index is 2.03. The second-order valence-corrected chi connectivity index (χ2v) is 8.16. The van der Waals surface area contributed by atoms with E-state index in [1.807, 2.05) is 0 Å². The smallest absolute Gasteiger partial charge is 0.406 e. The normalized spacial score (nSPS) is 12.2. The molecule has 1 aromatic heterocycles. The lowest BCUT2D eigenvalue weighted by molar-refractivity contribution is -0.274. The van der Waals surface area contributed by atoms with Gasteiger partial charge in [0.1, 0.15) is 5.75 Å². The zero-order valence-corrected chi connectivity index (χ0v) is 16.8.